The minimum atomic E-state index is -0.0695. The van der Waals surface area contributed by atoms with Gasteiger partial charge >= 0.3 is 0 Å². The van der Waals surface area contributed by atoms with Gasteiger partial charge in [-0.1, -0.05) is 41.9 Å². The molecule has 0 aliphatic carbocycles. The molecule has 14 heavy (non-hydrogen) atoms. The molecule has 2 N–H and O–H groups in total. The summed E-state index contributed by atoms with van der Waals surface area (Å²) < 4.78 is 0.784. The molecular weight excluding hydrogens is 214 g/mol. The maximum atomic E-state index is 6.08. The molecule has 1 unspecified atom stereocenters. The molecule has 1 nitrogen and oxygen atoms in total. The highest BCUT2D eigenvalue weighted by Crippen LogP contribution is 2.27. The Morgan fingerprint density at radius 3 is 2.43 bits per heavy atom. The predicted molar refractivity (Wildman–Crippen MR) is 61.8 cm³/mol. The van der Waals surface area contributed by atoms with Crippen LogP contribution in [0, 0.1) is 0 Å². The van der Waals surface area contributed by atoms with Crippen molar-refractivity contribution >= 4 is 22.9 Å². The molecule has 0 saturated heterocycles. The van der Waals surface area contributed by atoms with Crippen LogP contribution in [0.1, 0.15) is 17.2 Å². The molecule has 0 spiro atoms. The van der Waals surface area contributed by atoms with E-state index in [-0.39, 0.29) is 6.04 Å². The van der Waals surface area contributed by atoms with Gasteiger partial charge < -0.3 is 5.73 Å². The van der Waals surface area contributed by atoms with Gasteiger partial charge in [0, 0.05) is 0 Å². The maximum Gasteiger partial charge on any atom is 0.0931 e. The third-order valence-corrected chi connectivity index (χ3v) is 3.21. The summed E-state index contributed by atoms with van der Waals surface area (Å²) in [7, 11) is 0. The lowest BCUT2D eigenvalue weighted by molar-refractivity contribution is 0.877. The number of thiophene rings is 1. The summed E-state index contributed by atoms with van der Waals surface area (Å²) in [6.45, 7) is 0. The van der Waals surface area contributed by atoms with Crippen molar-refractivity contribution in [3.63, 3.8) is 0 Å². The molecule has 2 rings (SSSR count). The Morgan fingerprint density at radius 1 is 1.14 bits per heavy atom. The minimum absolute atomic E-state index is 0.0695. The summed E-state index contributed by atoms with van der Waals surface area (Å²) in [5.74, 6) is 0. The third kappa shape index (κ3) is 1.98. The molecule has 3 heteroatoms. The lowest BCUT2D eigenvalue weighted by atomic mass is 10.0. The van der Waals surface area contributed by atoms with Gasteiger partial charge in [0.2, 0.25) is 0 Å². The number of hydrogen-bond acceptors (Lipinski definition) is 2. The Hall–Kier alpha value is -0.830. The number of nitrogens with two attached hydrogens (primary N) is 1. The smallest absolute Gasteiger partial charge is 0.0931 e. The van der Waals surface area contributed by atoms with Crippen LogP contribution in [0.4, 0.5) is 0 Å². The maximum absolute atomic E-state index is 6.08. The summed E-state index contributed by atoms with van der Waals surface area (Å²) in [5, 5.41) is 2.00. The summed E-state index contributed by atoms with van der Waals surface area (Å²) >= 11 is 7.37. The van der Waals surface area contributed by atoms with E-state index in [1.807, 2.05) is 41.8 Å². The first-order chi connectivity index (χ1) is 6.77. The van der Waals surface area contributed by atoms with E-state index in [1.54, 1.807) is 0 Å². The summed E-state index contributed by atoms with van der Waals surface area (Å²) in [5.41, 5.74) is 8.27. The van der Waals surface area contributed by atoms with E-state index in [0.29, 0.717) is 0 Å². The molecule has 2 aromatic rings. The Labute approximate surface area is 92.1 Å². The fourth-order valence-corrected chi connectivity index (χ4v) is 2.27. The van der Waals surface area contributed by atoms with Crippen molar-refractivity contribution < 1.29 is 0 Å². The van der Waals surface area contributed by atoms with Gasteiger partial charge in [-0.15, -0.1) is 11.3 Å². The Kier molecular flexibility index (Phi) is 2.87. The molecule has 72 valence electrons. The topological polar surface area (TPSA) is 26.0 Å². The summed E-state index contributed by atoms with van der Waals surface area (Å²) in [6, 6.07) is 11.9. The molecular formula is C11H10ClNS. The van der Waals surface area contributed by atoms with Gasteiger partial charge in [-0.25, -0.2) is 0 Å². The highest BCUT2D eigenvalue weighted by molar-refractivity contribution is 7.14. The van der Waals surface area contributed by atoms with Gasteiger partial charge in [-0.05, 0) is 22.6 Å². The molecule has 0 amide bonds. The zero-order chi connectivity index (χ0) is 9.97. The molecule has 1 atom stereocenters. The number of halogens is 1. The Morgan fingerprint density at radius 2 is 1.86 bits per heavy atom. The molecule has 0 aliphatic rings. The van der Waals surface area contributed by atoms with Gasteiger partial charge in [-0.3, -0.25) is 0 Å². The van der Waals surface area contributed by atoms with Gasteiger partial charge in [0.05, 0.1) is 10.4 Å². The van der Waals surface area contributed by atoms with E-state index in [4.69, 9.17) is 17.3 Å². The normalized spacial score (nSPS) is 12.7. The zero-order valence-electron chi connectivity index (χ0n) is 7.48. The molecule has 0 fully saturated rings. The van der Waals surface area contributed by atoms with Crippen LogP contribution < -0.4 is 5.73 Å². The minimum Gasteiger partial charge on any atom is -0.320 e. The van der Waals surface area contributed by atoms with Crippen molar-refractivity contribution in [2.24, 2.45) is 5.73 Å². The third-order valence-electron chi connectivity index (χ3n) is 2.11. The van der Waals surface area contributed by atoms with Crippen molar-refractivity contribution in [2.45, 2.75) is 6.04 Å². The molecule has 1 heterocycles. The first-order valence-electron chi connectivity index (χ1n) is 4.32. The monoisotopic (exact) mass is 223 g/mol. The summed E-state index contributed by atoms with van der Waals surface area (Å²) in [6.07, 6.45) is 0. The van der Waals surface area contributed by atoms with E-state index in [1.165, 1.54) is 11.3 Å². The van der Waals surface area contributed by atoms with Gasteiger partial charge in [0.1, 0.15) is 0 Å². The van der Waals surface area contributed by atoms with Crippen molar-refractivity contribution in [2.75, 3.05) is 0 Å². The van der Waals surface area contributed by atoms with Crippen molar-refractivity contribution in [1.82, 2.24) is 0 Å². The fraction of sp³-hybridized carbons (Fsp3) is 0.0909. The number of benzene rings is 1. The second kappa shape index (κ2) is 4.13. The van der Waals surface area contributed by atoms with Gasteiger partial charge in [0.15, 0.2) is 0 Å². The van der Waals surface area contributed by atoms with E-state index in [2.05, 4.69) is 0 Å². The van der Waals surface area contributed by atoms with E-state index < -0.39 is 0 Å². The molecule has 1 aromatic carbocycles. The van der Waals surface area contributed by atoms with Crippen LogP contribution in [0.3, 0.4) is 0 Å². The average molecular weight is 224 g/mol. The van der Waals surface area contributed by atoms with Gasteiger partial charge in [0.25, 0.3) is 0 Å². The molecule has 0 aliphatic heterocycles. The fourth-order valence-electron chi connectivity index (χ4n) is 1.34. The molecule has 1 aromatic heterocycles. The highest BCUT2D eigenvalue weighted by Gasteiger charge is 2.09. The van der Waals surface area contributed by atoms with Gasteiger partial charge in [-0.2, -0.15) is 0 Å². The quantitative estimate of drug-likeness (QED) is 0.829. The Balaban J connectivity index is 2.29. The van der Waals surface area contributed by atoms with E-state index in [0.717, 1.165) is 15.5 Å². The van der Waals surface area contributed by atoms with Crippen molar-refractivity contribution in [3.8, 4) is 0 Å². The highest BCUT2D eigenvalue weighted by atomic mass is 35.5. The van der Waals surface area contributed by atoms with E-state index in [9.17, 15) is 0 Å². The average Bonchev–Trinajstić information content (AvgIpc) is 2.65. The van der Waals surface area contributed by atoms with E-state index >= 15 is 0 Å². The molecule has 0 saturated carbocycles. The van der Waals surface area contributed by atoms with Crippen LogP contribution in [0.2, 0.25) is 4.34 Å². The lowest BCUT2D eigenvalue weighted by Crippen LogP contribution is -2.10. The van der Waals surface area contributed by atoms with Crippen LogP contribution in [0.5, 0.6) is 0 Å². The number of hydrogen-bond donors (Lipinski definition) is 1. The Bertz CT molecular complexity index is 410. The second-order valence-electron chi connectivity index (χ2n) is 3.07. The zero-order valence-corrected chi connectivity index (χ0v) is 9.05. The lowest BCUT2D eigenvalue weighted by Gasteiger charge is -2.09. The first kappa shape index (κ1) is 9.71. The van der Waals surface area contributed by atoms with Crippen LogP contribution in [0.15, 0.2) is 41.8 Å². The molecule has 0 bridgehead atoms. The largest absolute Gasteiger partial charge is 0.320 e. The standard InChI is InChI=1S/C11H10ClNS/c12-10-6-9(7-14-10)11(13)8-4-2-1-3-5-8/h1-7,11H,13H2. The van der Waals surface area contributed by atoms with Crippen LogP contribution in [-0.2, 0) is 0 Å². The van der Waals surface area contributed by atoms with Crippen molar-refractivity contribution in [1.29, 1.82) is 0 Å². The number of rotatable bonds is 2. The molecule has 0 radical (unpaired) electrons. The predicted octanol–water partition coefficient (Wildman–Crippen LogP) is 3.45. The van der Waals surface area contributed by atoms with Crippen LogP contribution >= 0.6 is 22.9 Å². The van der Waals surface area contributed by atoms with Crippen LogP contribution in [-0.4, -0.2) is 0 Å². The first-order valence-corrected chi connectivity index (χ1v) is 5.57. The van der Waals surface area contributed by atoms with Crippen molar-refractivity contribution in [3.05, 3.63) is 57.2 Å². The van der Waals surface area contributed by atoms with Crippen LogP contribution in [0.25, 0.3) is 0 Å². The second-order valence-corrected chi connectivity index (χ2v) is 4.62. The summed E-state index contributed by atoms with van der Waals surface area (Å²) in [4.78, 5) is 0. The SMILES string of the molecule is NC(c1ccccc1)c1csc(Cl)c1.